The molecule has 0 radical (unpaired) electrons. The van der Waals surface area contributed by atoms with Crippen molar-refractivity contribution in [2.24, 2.45) is 0 Å². The molecule has 1 aliphatic rings. The van der Waals surface area contributed by atoms with Crippen molar-refractivity contribution >= 4 is 23.4 Å². The molecular formula is C17H23N3O4. The second-order valence-electron chi connectivity index (χ2n) is 6.89. The molecule has 1 aliphatic heterocycles. The van der Waals surface area contributed by atoms with Crippen LogP contribution in [0.25, 0.3) is 0 Å². The lowest BCUT2D eigenvalue weighted by atomic mass is 10.1. The zero-order valence-electron chi connectivity index (χ0n) is 14.6. The molecule has 1 aromatic rings. The second-order valence-corrected chi connectivity index (χ2v) is 6.89. The van der Waals surface area contributed by atoms with Gasteiger partial charge in [0.1, 0.15) is 0 Å². The molecule has 0 unspecified atom stereocenters. The number of anilines is 1. The number of benzene rings is 1. The molecule has 0 aliphatic carbocycles. The Kier molecular flexibility index (Phi) is 4.82. The molecule has 0 aromatic heterocycles. The van der Waals surface area contributed by atoms with Crippen LogP contribution in [0.5, 0.6) is 5.75 Å². The monoisotopic (exact) mass is 333 g/mol. The Labute approximate surface area is 141 Å². The van der Waals surface area contributed by atoms with Crippen molar-refractivity contribution in [3.63, 3.8) is 0 Å². The summed E-state index contributed by atoms with van der Waals surface area (Å²) in [6, 6.07) is 4.94. The van der Waals surface area contributed by atoms with Crippen LogP contribution in [0.15, 0.2) is 18.2 Å². The minimum Gasteiger partial charge on any atom is -0.478 e. The van der Waals surface area contributed by atoms with Gasteiger partial charge in [0.2, 0.25) is 5.91 Å². The lowest BCUT2D eigenvalue weighted by molar-refractivity contribution is -0.123. The third kappa shape index (κ3) is 4.04. The van der Waals surface area contributed by atoms with Crippen molar-refractivity contribution in [2.45, 2.75) is 39.3 Å². The van der Waals surface area contributed by atoms with E-state index < -0.39 is 6.10 Å². The van der Waals surface area contributed by atoms with Gasteiger partial charge in [0.15, 0.2) is 11.9 Å². The summed E-state index contributed by atoms with van der Waals surface area (Å²) < 4.78 is 5.57. The Morgan fingerprint density at radius 2 is 2.00 bits per heavy atom. The van der Waals surface area contributed by atoms with Gasteiger partial charge < -0.3 is 20.3 Å². The minimum atomic E-state index is -0.680. The highest BCUT2D eigenvalue weighted by molar-refractivity contribution is 6.04. The lowest BCUT2D eigenvalue weighted by Crippen LogP contribution is -2.46. The van der Waals surface area contributed by atoms with Gasteiger partial charge in [0.25, 0.3) is 11.8 Å². The van der Waals surface area contributed by atoms with E-state index in [1.54, 1.807) is 32.2 Å². The number of rotatable bonds is 3. The number of nitrogens with zero attached hydrogens (tertiary/aromatic N) is 1. The van der Waals surface area contributed by atoms with E-state index >= 15 is 0 Å². The van der Waals surface area contributed by atoms with E-state index in [1.807, 2.05) is 20.8 Å². The number of nitrogens with one attached hydrogen (secondary N) is 2. The Bertz CT molecular complexity index is 679. The van der Waals surface area contributed by atoms with Gasteiger partial charge in [-0.1, -0.05) is 6.07 Å². The van der Waals surface area contributed by atoms with Gasteiger partial charge >= 0.3 is 0 Å². The molecule has 2 N–H and O–H groups in total. The molecule has 1 atom stereocenters. The summed E-state index contributed by atoms with van der Waals surface area (Å²) in [7, 11) is 1.55. The van der Waals surface area contributed by atoms with E-state index in [0.717, 1.165) is 0 Å². The molecule has 7 nitrogen and oxygen atoms in total. The predicted molar refractivity (Wildman–Crippen MR) is 90.0 cm³/mol. The van der Waals surface area contributed by atoms with Gasteiger partial charge in [-0.2, -0.15) is 0 Å². The predicted octanol–water partition coefficient (Wildman–Crippen LogP) is 1.39. The fourth-order valence-corrected chi connectivity index (χ4v) is 2.35. The molecule has 0 spiro atoms. The smallest absolute Gasteiger partial charge is 0.265 e. The van der Waals surface area contributed by atoms with Crippen molar-refractivity contribution in [1.29, 1.82) is 0 Å². The Morgan fingerprint density at radius 3 is 2.62 bits per heavy atom. The van der Waals surface area contributed by atoms with E-state index in [0.29, 0.717) is 17.0 Å². The highest BCUT2D eigenvalue weighted by atomic mass is 16.5. The zero-order valence-corrected chi connectivity index (χ0v) is 14.6. The summed E-state index contributed by atoms with van der Waals surface area (Å²) >= 11 is 0. The fourth-order valence-electron chi connectivity index (χ4n) is 2.35. The molecule has 0 saturated carbocycles. The minimum absolute atomic E-state index is 0.0678. The van der Waals surface area contributed by atoms with Gasteiger partial charge in [-0.3, -0.25) is 14.4 Å². The van der Waals surface area contributed by atoms with Crippen LogP contribution < -0.4 is 15.4 Å². The quantitative estimate of drug-likeness (QED) is 0.875. The zero-order chi connectivity index (χ0) is 18.1. The summed E-state index contributed by atoms with van der Waals surface area (Å²) in [6.45, 7) is 7.16. The van der Waals surface area contributed by atoms with E-state index in [-0.39, 0.29) is 29.8 Å². The van der Waals surface area contributed by atoms with Gasteiger partial charge in [-0.05, 0) is 39.8 Å². The maximum atomic E-state index is 12.7. The third-order valence-corrected chi connectivity index (χ3v) is 3.41. The molecule has 0 fully saturated rings. The largest absolute Gasteiger partial charge is 0.478 e. The Hall–Kier alpha value is -2.57. The van der Waals surface area contributed by atoms with Crippen molar-refractivity contribution in [2.75, 3.05) is 18.9 Å². The molecule has 2 rings (SSSR count). The van der Waals surface area contributed by atoms with Crippen LogP contribution in [0.2, 0.25) is 0 Å². The van der Waals surface area contributed by atoms with E-state index in [9.17, 15) is 14.4 Å². The fraction of sp³-hybridized carbons (Fsp3) is 0.471. The molecule has 0 saturated heterocycles. The average molecular weight is 333 g/mol. The Balaban J connectivity index is 2.17. The van der Waals surface area contributed by atoms with E-state index in [2.05, 4.69) is 10.6 Å². The maximum absolute atomic E-state index is 12.7. The first kappa shape index (κ1) is 17.8. The molecule has 1 aromatic carbocycles. The van der Waals surface area contributed by atoms with Crippen LogP contribution in [-0.4, -0.2) is 47.9 Å². The number of carbonyl (C=O) groups excluding carboxylic acids is 3. The van der Waals surface area contributed by atoms with Crippen LogP contribution >= 0.6 is 0 Å². The summed E-state index contributed by atoms with van der Waals surface area (Å²) in [6.07, 6.45) is -0.680. The van der Waals surface area contributed by atoms with Gasteiger partial charge in [-0.25, -0.2) is 0 Å². The number of para-hydroxylation sites is 1. The number of ether oxygens (including phenoxy) is 1. The number of amides is 3. The Morgan fingerprint density at radius 1 is 1.33 bits per heavy atom. The summed E-state index contributed by atoms with van der Waals surface area (Å²) in [5, 5.41) is 5.51. The normalized spacial score (nSPS) is 16.5. The number of carbonyl (C=O) groups is 3. The van der Waals surface area contributed by atoms with Crippen LogP contribution in [0.1, 0.15) is 38.1 Å². The van der Waals surface area contributed by atoms with Crippen molar-refractivity contribution < 1.29 is 19.1 Å². The average Bonchev–Trinajstić information content (AvgIpc) is 2.45. The molecule has 3 amide bonds. The molecule has 1 heterocycles. The van der Waals surface area contributed by atoms with E-state index in [4.69, 9.17) is 4.74 Å². The number of likely N-dealkylation sites (N-methyl/N-ethyl adjacent to an activating group) is 1. The van der Waals surface area contributed by atoms with Gasteiger partial charge in [0, 0.05) is 12.6 Å². The third-order valence-electron chi connectivity index (χ3n) is 3.41. The highest BCUT2D eigenvalue weighted by Gasteiger charge is 2.29. The van der Waals surface area contributed by atoms with Crippen LogP contribution in [0, 0.1) is 0 Å². The summed E-state index contributed by atoms with van der Waals surface area (Å²) in [4.78, 5) is 37.6. The van der Waals surface area contributed by atoms with Crippen LogP contribution in [0.4, 0.5) is 5.69 Å². The standard InChI is InChI=1S/C17H23N3O4/c1-10-15(22)18-12-8-6-7-11(14(12)24-10)16(23)20(5)9-13(21)19-17(2,3)4/h6-8,10H,9H2,1-5H3,(H,18,22)(H,19,21)/t10-/m0/s1. The number of hydrogen-bond acceptors (Lipinski definition) is 4. The molecule has 130 valence electrons. The van der Waals surface area contributed by atoms with E-state index in [1.165, 1.54) is 4.90 Å². The molecule has 0 bridgehead atoms. The topological polar surface area (TPSA) is 87.7 Å². The first-order valence-corrected chi connectivity index (χ1v) is 7.75. The number of fused-ring (bicyclic) bond motifs is 1. The van der Waals surface area contributed by atoms with Gasteiger partial charge in [-0.15, -0.1) is 0 Å². The van der Waals surface area contributed by atoms with Crippen molar-refractivity contribution in [1.82, 2.24) is 10.2 Å². The second kappa shape index (κ2) is 6.51. The first-order chi connectivity index (χ1) is 11.1. The summed E-state index contributed by atoms with van der Waals surface area (Å²) in [5.74, 6) is -0.521. The molecular weight excluding hydrogens is 310 g/mol. The van der Waals surface area contributed by atoms with Crippen molar-refractivity contribution in [3.8, 4) is 5.75 Å². The van der Waals surface area contributed by atoms with Crippen molar-refractivity contribution in [3.05, 3.63) is 23.8 Å². The summed E-state index contributed by atoms with van der Waals surface area (Å²) in [5.41, 5.74) is 0.400. The molecule has 7 heteroatoms. The maximum Gasteiger partial charge on any atom is 0.265 e. The highest BCUT2D eigenvalue weighted by Crippen LogP contribution is 2.33. The van der Waals surface area contributed by atoms with Crippen LogP contribution in [-0.2, 0) is 9.59 Å². The van der Waals surface area contributed by atoms with Crippen LogP contribution in [0.3, 0.4) is 0 Å². The lowest BCUT2D eigenvalue weighted by Gasteiger charge is -2.27. The SMILES string of the molecule is C[C@@H]1Oc2c(cccc2C(=O)N(C)CC(=O)NC(C)(C)C)NC1=O. The molecule has 24 heavy (non-hydrogen) atoms. The first-order valence-electron chi connectivity index (χ1n) is 7.75. The van der Waals surface area contributed by atoms with Gasteiger partial charge in [0.05, 0.1) is 17.8 Å². The number of hydrogen-bond donors (Lipinski definition) is 2.